The summed E-state index contributed by atoms with van der Waals surface area (Å²) in [6.07, 6.45) is 35.9. The van der Waals surface area contributed by atoms with E-state index in [1.54, 1.807) is 16.7 Å². The summed E-state index contributed by atoms with van der Waals surface area (Å²) < 4.78 is 1.21. The highest BCUT2D eigenvalue weighted by molar-refractivity contribution is 9.10. The van der Waals surface area contributed by atoms with Crippen molar-refractivity contribution in [3.8, 4) is 11.1 Å². The van der Waals surface area contributed by atoms with Gasteiger partial charge in [-0.3, -0.25) is 0 Å². The molecule has 312 valence electrons. The molecule has 2 aromatic carbocycles. The minimum Gasteiger partial charge on any atom is -0.0739 e. The first kappa shape index (κ1) is 43.4. The first-order valence-corrected chi connectivity index (χ1v) is 24.8. The van der Waals surface area contributed by atoms with Crippen molar-refractivity contribution in [1.29, 1.82) is 0 Å². The first-order chi connectivity index (χ1) is 27.7. The van der Waals surface area contributed by atoms with Crippen molar-refractivity contribution in [2.24, 2.45) is 46.3 Å². The van der Waals surface area contributed by atoms with E-state index in [9.17, 15) is 0 Å². The van der Waals surface area contributed by atoms with Gasteiger partial charge in [-0.1, -0.05) is 180 Å². The lowest BCUT2D eigenvalue weighted by molar-refractivity contribution is 0.284. The number of hydrogen-bond donors (Lipinski definition) is 0. The van der Waals surface area contributed by atoms with Crippen LogP contribution in [-0.4, -0.2) is 0 Å². The molecular formula is C57H77Br. The molecule has 0 fully saturated rings. The Hall–Kier alpha value is -2.64. The largest absolute Gasteiger partial charge is 0.0739 e. The standard InChI is InChI=1S/C57H77Br/c1-13-36(7)28-55(29-37(8)14-2)24-22-45-43(34-55)26-48-51(45)47-25-42-21-23-56(30-38(9)15-3,31-39(10)16-4)35-49(42)52(47)53-46-20-19-44(58)27-50(46)57(54(48)53,32-40(11)17-5)33-41(12)18-6/h19-27,34-41H,13-18,28-33H2,1-12H3. The molecule has 6 atom stereocenters. The maximum atomic E-state index is 4.03. The predicted octanol–water partition coefficient (Wildman–Crippen LogP) is 16.1. The van der Waals surface area contributed by atoms with E-state index in [4.69, 9.17) is 0 Å². The van der Waals surface area contributed by atoms with Gasteiger partial charge < -0.3 is 0 Å². The van der Waals surface area contributed by atoms with Gasteiger partial charge in [0.1, 0.15) is 0 Å². The zero-order chi connectivity index (χ0) is 41.7. The molecule has 5 aliphatic carbocycles. The van der Waals surface area contributed by atoms with Crippen molar-refractivity contribution in [3.63, 3.8) is 0 Å². The molecule has 0 radical (unpaired) electrons. The Labute approximate surface area is 363 Å². The SMILES string of the molecule is CCC(C)CC1(CC(C)CC)C=CC2=c3c4c(c5c(c3=CC2=C1)C(CC(C)CC)(CC(C)CC)c1cc(Br)ccc1-5)C1=CC(CC(C)CC)(CC(C)CC)C=CC1=C4. The number of halogens is 1. The van der Waals surface area contributed by atoms with E-state index in [1.807, 2.05) is 0 Å². The fraction of sp³-hybridized carbons (Fsp3) is 0.579. The minimum atomic E-state index is -0.0594. The van der Waals surface area contributed by atoms with Crippen LogP contribution in [0.4, 0.5) is 0 Å². The molecule has 6 unspecified atom stereocenters. The molecule has 0 nitrogen and oxygen atoms in total. The smallest absolute Gasteiger partial charge is 0.0227 e. The summed E-state index contributed by atoms with van der Waals surface area (Å²) >= 11 is 4.03. The van der Waals surface area contributed by atoms with Crippen LogP contribution in [0.1, 0.15) is 182 Å². The molecule has 0 spiro atoms. The molecule has 0 N–H and O–H groups in total. The highest BCUT2D eigenvalue weighted by Crippen LogP contribution is 2.60. The van der Waals surface area contributed by atoms with Crippen LogP contribution < -0.4 is 10.4 Å². The second-order valence-corrected chi connectivity index (χ2v) is 21.8. The molecule has 0 amide bonds. The quantitative estimate of drug-likeness (QED) is 0.140. The van der Waals surface area contributed by atoms with E-state index in [0.717, 1.165) is 0 Å². The van der Waals surface area contributed by atoms with Crippen LogP contribution in [0, 0.1) is 46.3 Å². The average molecular weight is 842 g/mol. The lowest BCUT2D eigenvalue weighted by Crippen LogP contribution is -2.40. The summed E-state index contributed by atoms with van der Waals surface area (Å²) in [5, 5.41) is 3.05. The van der Waals surface area contributed by atoms with E-state index in [1.165, 1.54) is 131 Å². The molecule has 2 aromatic rings. The fourth-order valence-corrected chi connectivity index (χ4v) is 12.4. The van der Waals surface area contributed by atoms with Crippen LogP contribution in [-0.2, 0) is 5.41 Å². The van der Waals surface area contributed by atoms with Crippen molar-refractivity contribution < 1.29 is 0 Å². The van der Waals surface area contributed by atoms with Gasteiger partial charge >= 0.3 is 0 Å². The molecule has 0 saturated carbocycles. The zero-order valence-electron chi connectivity index (χ0n) is 38.7. The van der Waals surface area contributed by atoms with Crippen LogP contribution >= 0.6 is 15.9 Å². The molecule has 0 aliphatic heterocycles. The van der Waals surface area contributed by atoms with E-state index >= 15 is 0 Å². The predicted molar refractivity (Wildman–Crippen MR) is 259 cm³/mol. The fourth-order valence-electron chi connectivity index (χ4n) is 12.1. The number of benzene rings is 2. The van der Waals surface area contributed by atoms with E-state index in [2.05, 4.69) is 166 Å². The lowest BCUT2D eigenvalue weighted by atomic mass is 9.65. The van der Waals surface area contributed by atoms with Gasteiger partial charge in [-0.2, -0.15) is 0 Å². The van der Waals surface area contributed by atoms with Crippen molar-refractivity contribution in [3.05, 3.63) is 103 Å². The normalized spacial score (nSPS) is 26.6. The van der Waals surface area contributed by atoms with Gasteiger partial charge in [-0.05, 0) is 164 Å². The lowest BCUT2D eigenvalue weighted by Gasteiger charge is -2.38. The number of allylic oxidation sites excluding steroid dienone is 9. The van der Waals surface area contributed by atoms with Crippen molar-refractivity contribution in [2.75, 3.05) is 0 Å². The van der Waals surface area contributed by atoms with Gasteiger partial charge in [-0.15, -0.1) is 0 Å². The molecule has 1 heteroatoms. The molecule has 5 aliphatic rings. The van der Waals surface area contributed by atoms with Gasteiger partial charge in [0.25, 0.3) is 0 Å². The van der Waals surface area contributed by atoms with Crippen LogP contribution in [0.15, 0.2) is 70.3 Å². The van der Waals surface area contributed by atoms with E-state index in [0.29, 0.717) is 35.5 Å². The van der Waals surface area contributed by atoms with Crippen LogP contribution in [0.3, 0.4) is 0 Å². The van der Waals surface area contributed by atoms with Gasteiger partial charge in [0, 0.05) is 20.7 Å². The van der Waals surface area contributed by atoms with Crippen LogP contribution in [0.5, 0.6) is 0 Å². The third kappa shape index (κ3) is 7.64. The van der Waals surface area contributed by atoms with Gasteiger partial charge in [0.15, 0.2) is 0 Å². The maximum absolute atomic E-state index is 4.03. The summed E-state index contributed by atoms with van der Waals surface area (Å²) in [4.78, 5) is 0. The molecule has 58 heavy (non-hydrogen) atoms. The summed E-state index contributed by atoms with van der Waals surface area (Å²) in [5.41, 5.74) is 15.3. The van der Waals surface area contributed by atoms with Gasteiger partial charge in [0.05, 0.1) is 0 Å². The van der Waals surface area contributed by atoms with E-state index in [-0.39, 0.29) is 16.2 Å². The Kier molecular flexibility index (Phi) is 12.8. The second kappa shape index (κ2) is 17.0. The molecule has 0 aromatic heterocycles. The third-order valence-corrected chi connectivity index (χ3v) is 16.6. The highest BCUT2D eigenvalue weighted by Gasteiger charge is 2.49. The Morgan fingerprint density at radius 2 is 1.05 bits per heavy atom. The molecule has 0 heterocycles. The molecule has 7 rings (SSSR count). The van der Waals surface area contributed by atoms with Gasteiger partial charge in [0.2, 0.25) is 0 Å². The van der Waals surface area contributed by atoms with Crippen molar-refractivity contribution in [1.82, 2.24) is 0 Å². The summed E-state index contributed by atoms with van der Waals surface area (Å²) in [7, 11) is 0. The average Bonchev–Trinajstić information content (AvgIpc) is 3.84. The van der Waals surface area contributed by atoms with Crippen LogP contribution in [0.25, 0.3) is 34.4 Å². The Morgan fingerprint density at radius 3 is 1.59 bits per heavy atom. The van der Waals surface area contributed by atoms with Crippen molar-refractivity contribution in [2.45, 2.75) is 166 Å². The molecular weight excluding hydrogens is 765 g/mol. The van der Waals surface area contributed by atoms with E-state index < -0.39 is 0 Å². The summed E-state index contributed by atoms with van der Waals surface area (Å²) in [6.45, 7) is 29.3. The zero-order valence-corrected chi connectivity index (χ0v) is 40.3. The van der Waals surface area contributed by atoms with Gasteiger partial charge in [-0.25, -0.2) is 0 Å². The molecule has 0 saturated heterocycles. The Balaban J connectivity index is 1.61. The Bertz CT molecular complexity index is 2140. The number of hydrogen-bond acceptors (Lipinski definition) is 0. The topological polar surface area (TPSA) is 0 Å². The number of fused-ring (bicyclic) bond motifs is 11. The van der Waals surface area contributed by atoms with Crippen molar-refractivity contribution >= 4 is 39.2 Å². The second-order valence-electron chi connectivity index (χ2n) is 20.9. The first-order valence-electron chi connectivity index (χ1n) is 24.0. The van der Waals surface area contributed by atoms with Crippen LogP contribution in [0.2, 0.25) is 0 Å². The monoisotopic (exact) mass is 841 g/mol. The maximum Gasteiger partial charge on any atom is 0.0227 e. The third-order valence-electron chi connectivity index (χ3n) is 16.1. The Morgan fingerprint density at radius 1 is 0.552 bits per heavy atom. The highest BCUT2D eigenvalue weighted by atomic mass is 79.9. The summed E-state index contributed by atoms with van der Waals surface area (Å²) in [6, 6.07) is 7.38. The molecule has 0 bridgehead atoms. The number of rotatable bonds is 18. The summed E-state index contributed by atoms with van der Waals surface area (Å²) in [5.74, 6) is 3.96. The minimum absolute atomic E-state index is 0.0594.